The minimum atomic E-state index is 0.111. The summed E-state index contributed by atoms with van der Waals surface area (Å²) in [5.74, 6) is 1.02. The first-order valence-electron chi connectivity index (χ1n) is 5.83. The zero-order chi connectivity index (χ0) is 13.0. The fourth-order valence-electron chi connectivity index (χ4n) is 2.04. The summed E-state index contributed by atoms with van der Waals surface area (Å²) in [5, 5.41) is 16.3. The molecule has 0 aliphatic heterocycles. The third-order valence-corrected chi connectivity index (χ3v) is 2.73. The Labute approximate surface area is 102 Å². The van der Waals surface area contributed by atoms with E-state index >= 15 is 0 Å². The van der Waals surface area contributed by atoms with E-state index in [9.17, 15) is 0 Å². The Morgan fingerprint density at radius 1 is 1.53 bits per heavy atom. The molecule has 0 aliphatic rings. The van der Waals surface area contributed by atoms with Gasteiger partial charge < -0.3 is 15.8 Å². The lowest BCUT2D eigenvalue weighted by atomic mass is 10.2. The molecule has 0 aliphatic carbocycles. The molecule has 0 radical (unpaired) electrons. The van der Waals surface area contributed by atoms with E-state index in [-0.39, 0.29) is 5.84 Å². The Morgan fingerprint density at radius 3 is 2.65 bits per heavy atom. The van der Waals surface area contributed by atoms with Crippen LogP contribution in [0.15, 0.2) is 5.16 Å². The predicted octanol–water partition coefficient (Wildman–Crippen LogP) is 1.06. The second kappa shape index (κ2) is 5.56. The van der Waals surface area contributed by atoms with Crippen molar-refractivity contribution in [1.29, 1.82) is 0 Å². The minimum Gasteiger partial charge on any atom is -0.409 e. The third-order valence-electron chi connectivity index (χ3n) is 2.73. The number of aromatic nitrogens is 2. The summed E-state index contributed by atoms with van der Waals surface area (Å²) in [4.78, 5) is 2.17. The van der Waals surface area contributed by atoms with Gasteiger partial charge in [0.25, 0.3) is 0 Å². The molecule has 0 amide bonds. The molecule has 1 aromatic rings. The molecule has 3 N–H and O–H groups in total. The van der Waals surface area contributed by atoms with Gasteiger partial charge in [-0.15, -0.1) is 0 Å². The smallest absolute Gasteiger partial charge is 0.175 e. The number of nitrogens with zero attached hydrogens (tertiary/aromatic N) is 4. The van der Waals surface area contributed by atoms with Gasteiger partial charge in [-0.1, -0.05) is 12.1 Å². The number of aryl methyl sites for hydroxylation is 2. The Bertz CT molecular complexity index is 410. The Balaban J connectivity index is 3.30. The summed E-state index contributed by atoms with van der Waals surface area (Å²) in [7, 11) is 1.87. The number of amidine groups is 1. The van der Waals surface area contributed by atoms with Gasteiger partial charge in [-0.05, 0) is 20.3 Å². The zero-order valence-corrected chi connectivity index (χ0v) is 10.9. The molecule has 6 nitrogen and oxygen atoms in total. The lowest BCUT2D eigenvalue weighted by Gasteiger charge is -2.23. The number of hydrogen-bond donors (Lipinski definition) is 2. The van der Waals surface area contributed by atoms with Crippen molar-refractivity contribution in [2.45, 2.75) is 27.2 Å². The van der Waals surface area contributed by atoms with E-state index in [4.69, 9.17) is 10.9 Å². The highest BCUT2D eigenvalue weighted by Crippen LogP contribution is 2.23. The monoisotopic (exact) mass is 239 g/mol. The Kier molecular flexibility index (Phi) is 4.37. The van der Waals surface area contributed by atoms with Crippen molar-refractivity contribution in [2.75, 3.05) is 18.0 Å². The van der Waals surface area contributed by atoms with Crippen LogP contribution in [-0.2, 0) is 7.05 Å². The molecule has 1 heterocycles. The van der Waals surface area contributed by atoms with Crippen molar-refractivity contribution in [1.82, 2.24) is 9.78 Å². The first kappa shape index (κ1) is 13.3. The van der Waals surface area contributed by atoms with Gasteiger partial charge in [0.1, 0.15) is 5.82 Å². The molecule has 96 valence electrons. The van der Waals surface area contributed by atoms with E-state index in [2.05, 4.69) is 29.0 Å². The zero-order valence-electron chi connectivity index (χ0n) is 10.9. The number of nitrogens with two attached hydrogens (primary N) is 1. The molecule has 17 heavy (non-hydrogen) atoms. The largest absolute Gasteiger partial charge is 0.409 e. The maximum absolute atomic E-state index is 8.84. The maximum atomic E-state index is 8.84. The summed E-state index contributed by atoms with van der Waals surface area (Å²) >= 11 is 0. The van der Waals surface area contributed by atoms with E-state index in [1.54, 1.807) is 4.68 Å². The van der Waals surface area contributed by atoms with Gasteiger partial charge in [-0.25, -0.2) is 0 Å². The quantitative estimate of drug-likeness (QED) is 0.348. The van der Waals surface area contributed by atoms with Crippen LogP contribution in [0.25, 0.3) is 0 Å². The van der Waals surface area contributed by atoms with Gasteiger partial charge in [-0.2, -0.15) is 5.10 Å². The van der Waals surface area contributed by atoms with Gasteiger partial charge >= 0.3 is 0 Å². The third kappa shape index (κ3) is 2.51. The van der Waals surface area contributed by atoms with E-state index in [0.29, 0.717) is 5.56 Å². The van der Waals surface area contributed by atoms with Gasteiger partial charge in [0.15, 0.2) is 5.84 Å². The molecule has 0 saturated carbocycles. The average molecular weight is 239 g/mol. The molecule has 0 bridgehead atoms. The molecular weight excluding hydrogens is 218 g/mol. The molecule has 0 saturated heterocycles. The van der Waals surface area contributed by atoms with Crippen LogP contribution < -0.4 is 10.6 Å². The Hall–Kier alpha value is -1.72. The van der Waals surface area contributed by atoms with E-state index < -0.39 is 0 Å². The normalized spacial score (nSPS) is 11.9. The topological polar surface area (TPSA) is 79.7 Å². The number of rotatable bonds is 5. The maximum Gasteiger partial charge on any atom is 0.175 e. The van der Waals surface area contributed by atoms with Crippen LogP contribution in [0.1, 0.15) is 31.5 Å². The lowest BCUT2D eigenvalue weighted by molar-refractivity contribution is 0.318. The summed E-state index contributed by atoms with van der Waals surface area (Å²) in [6.07, 6.45) is 1.04. The number of oxime groups is 1. The minimum absolute atomic E-state index is 0.111. The highest BCUT2D eigenvalue weighted by atomic mass is 16.4. The molecule has 1 aromatic heterocycles. The average Bonchev–Trinajstić information content (AvgIpc) is 2.60. The van der Waals surface area contributed by atoms with Crippen LogP contribution in [-0.4, -0.2) is 33.9 Å². The molecule has 6 heteroatoms. The fourth-order valence-corrected chi connectivity index (χ4v) is 2.04. The van der Waals surface area contributed by atoms with Crippen molar-refractivity contribution in [3.63, 3.8) is 0 Å². The standard InChI is InChI=1S/C11H21N5O/c1-5-7-16(6-2)11-9(10(12)14-17)8(3)13-15(11)4/h17H,5-7H2,1-4H3,(H2,12,14). The van der Waals surface area contributed by atoms with E-state index in [1.807, 2.05) is 14.0 Å². The van der Waals surface area contributed by atoms with Crippen molar-refractivity contribution in [3.8, 4) is 0 Å². The molecule has 0 unspecified atom stereocenters. The summed E-state index contributed by atoms with van der Waals surface area (Å²) in [6, 6.07) is 0. The van der Waals surface area contributed by atoms with Crippen molar-refractivity contribution >= 4 is 11.7 Å². The van der Waals surface area contributed by atoms with Crippen LogP contribution in [0.3, 0.4) is 0 Å². The van der Waals surface area contributed by atoms with Crippen LogP contribution in [0, 0.1) is 6.92 Å². The predicted molar refractivity (Wildman–Crippen MR) is 68.6 cm³/mol. The first-order chi connectivity index (χ1) is 8.06. The SMILES string of the molecule is CCCN(CC)c1c(C(N)=NO)c(C)nn1C. The van der Waals surface area contributed by atoms with Crippen molar-refractivity contribution in [3.05, 3.63) is 11.3 Å². The molecular formula is C11H21N5O. The fraction of sp³-hybridized carbons (Fsp3) is 0.636. The highest BCUT2D eigenvalue weighted by Gasteiger charge is 2.20. The summed E-state index contributed by atoms with van der Waals surface area (Å²) in [6.45, 7) is 7.83. The molecule has 0 fully saturated rings. The summed E-state index contributed by atoms with van der Waals surface area (Å²) in [5.41, 5.74) is 7.20. The molecule has 0 aromatic carbocycles. The highest BCUT2D eigenvalue weighted by molar-refractivity contribution is 6.02. The van der Waals surface area contributed by atoms with E-state index in [1.165, 1.54) is 0 Å². The summed E-state index contributed by atoms with van der Waals surface area (Å²) < 4.78 is 1.78. The Morgan fingerprint density at radius 2 is 2.18 bits per heavy atom. The van der Waals surface area contributed by atoms with Crippen molar-refractivity contribution in [2.24, 2.45) is 17.9 Å². The first-order valence-corrected chi connectivity index (χ1v) is 5.83. The van der Waals surface area contributed by atoms with Crippen LogP contribution in [0.4, 0.5) is 5.82 Å². The van der Waals surface area contributed by atoms with Gasteiger partial charge in [0.2, 0.25) is 0 Å². The molecule has 1 rings (SSSR count). The van der Waals surface area contributed by atoms with Crippen LogP contribution in [0.5, 0.6) is 0 Å². The molecule has 0 spiro atoms. The van der Waals surface area contributed by atoms with Gasteiger partial charge in [-0.3, -0.25) is 4.68 Å². The second-order valence-corrected chi connectivity index (χ2v) is 3.97. The van der Waals surface area contributed by atoms with Crippen molar-refractivity contribution < 1.29 is 5.21 Å². The van der Waals surface area contributed by atoms with Crippen LogP contribution in [0.2, 0.25) is 0 Å². The van der Waals surface area contributed by atoms with E-state index in [0.717, 1.165) is 31.0 Å². The molecule has 0 atom stereocenters. The van der Waals surface area contributed by atoms with Gasteiger partial charge in [0, 0.05) is 20.1 Å². The number of hydrogen-bond acceptors (Lipinski definition) is 4. The second-order valence-electron chi connectivity index (χ2n) is 3.97. The number of anilines is 1. The lowest BCUT2D eigenvalue weighted by Crippen LogP contribution is -2.28. The van der Waals surface area contributed by atoms with Crippen LogP contribution >= 0.6 is 0 Å². The van der Waals surface area contributed by atoms with Gasteiger partial charge in [0.05, 0.1) is 11.3 Å².